The molecule has 0 aromatic carbocycles. The molecule has 3 heterocycles. The van der Waals surface area contributed by atoms with Crippen LogP contribution in [0.15, 0.2) is 12.3 Å². The van der Waals surface area contributed by atoms with Crippen LogP contribution in [0, 0.1) is 0 Å². The van der Waals surface area contributed by atoms with E-state index in [9.17, 15) is 9.59 Å². The van der Waals surface area contributed by atoms with Gasteiger partial charge in [-0.3, -0.25) is 4.79 Å². The second kappa shape index (κ2) is 6.34. The average molecular weight is 304 g/mol. The minimum atomic E-state index is -0.485. The molecule has 1 aromatic rings. The molecule has 1 aromatic heterocycles. The summed E-state index contributed by atoms with van der Waals surface area (Å²) in [5, 5.41) is 0. The van der Waals surface area contributed by atoms with Crippen molar-refractivity contribution in [1.29, 1.82) is 0 Å². The van der Waals surface area contributed by atoms with Gasteiger partial charge in [0.15, 0.2) is 0 Å². The highest BCUT2D eigenvalue weighted by Gasteiger charge is 2.36. The predicted octanol–water partition coefficient (Wildman–Crippen LogP) is 1.57. The maximum absolute atomic E-state index is 12.7. The SMILES string of the molecule is CCOC(=O)[C@H]1CCCN1C(=O)c1cc2c(cn1)OCCC2. The molecule has 1 fully saturated rings. The lowest BCUT2D eigenvalue weighted by molar-refractivity contribution is -0.147. The highest BCUT2D eigenvalue weighted by Crippen LogP contribution is 2.26. The maximum atomic E-state index is 12.7. The number of aryl methyl sites for hydroxylation is 1. The molecule has 6 heteroatoms. The summed E-state index contributed by atoms with van der Waals surface area (Å²) in [4.78, 5) is 30.4. The second-order valence-corrected chi connectivity index (χ2v) is 5.54. The number of hydrogen-bond acceptors (Lipinski definition) is 5. The zero-order valence-corrected chi connectivity index (χ0v) is 12.7. The normalized spacial score (nSPS) is 20.2. The van der Waals surface area contributed by atoms with Crippen molar-refractivity contribution in [2.24, 2.45) is 0 Å². The van der Waals surface area contributed by atoms with Gasteiger partial charge in [0.25, 0.3) is 5.91 Å². The zero-order chi connectivity index (χ0) is 15.5. The van der Waals surface area contributed by atoms with E-state index in [-0.39, 0.29) is 11.9 Å². The van der Waals surface area contributed by atoms with Gasteiger partial charge in [0.05, 0.1) is 19.4 Å². The number of pyridine rings is 1. The van der Waals surface area contributed by atoms with Crippen molar-refractivity contribution in [2.45, 2.75) is 38.6 Å². The fourth-order valence-corrected chi connectivity index (χ4v) is 3.01. The third-order valence-corrected chi connectivity index (χ3v) is 4.09. The number of carbonyl (C=O) groups is 2. The number of fused-ring (bicyclic) bond motifs is 1. The van der Waals surface area contributed by atoms with E-state index in [0.717, 1.165) is 30.6 Å². The van der Waals surface area contributed by atoms with Crippen LogP contribution in [0.5, 0.6) is 5.75 Å². The average Bonchev–Trinajstić information content (AvgIpc) is 3.03. The van der Waals surface area contributed by atoms with Crippen LogP contribution >= 0.6 is 0 Å². The Labute approximate surface area is 129 Å². The van der Waals surface area contributed by atoms with Crippen molar-refractivity contribution >= 4 is 11.9 Å². The first-order chi connectivity index (χ1) is 10.7. The first-order valence-corrected chi connectivity index (χ1v) is 7.80. The van der Waals surface area contributed by atoms with Crippen molar-refractivity contribution in [1.82, 2.24) is 9.88 Å². The van der Waals surface area contributed by atoms with Crippen LogP contribution < -0.4 is 4.74 Å². The molecule has 0 unspecified atom stereocenters. The van der Waals surface area contributed by atoms with Gasteiger partial charge in [0, 0.05) is 6.54 Å². The van der Waals surface area contributed by atoms with E-state index >= 15 is 0 Å². The van der Waals surface area contributed by atoms with Crippen LogP contribution in [0.4, 0.5) is 0 Å². The Morgan fingerprint density at radius 3 is 3.14 bits per heavy atom. The molecule has 6 nitrogen and oxygen atoms in total. The summed E-state index contributed by atoms with van der Waals surface area (Å²) in [7, 11) is 0. The van der Waals surface area contributed by atoms with Crippen molar-refractivity contribution < 1.29 is 19.1 Å². The number of carbonyl (C=O) groups excluding carboxylic acids is 2. The van der Waals surface area contributed by atoms with E-state index in [4.69, 9.17) is 9.47 Å². The molecule has 0 saturated carbocycles. The lowest BCUT2D eigenvalue weighted by Crippen LogP contribution is -2.41. The van der Waals surface area contributed by atoms with E-state index in [1.54, 1.807) is 24.1 Å². The molecule has 0 radical (unpaired) electrons. The summed E-state index contributed by atoms with van der Waals surface area (Å²) in [5.41, 5.74) is 1.39. The van der Waals surface area contributed by atoms with Gasteiger partial charge in [-0.2, -0.15) is 0 Å². The molecule has 1 amide bonds. The molecule has 3 rings (SSSR count). The maximum Gasteiger partial charge on any atom is 0.328 e. The number of aromatic nitrogens is 1. The first kappa shape index (κ1) is 14.8. The molecule has 2 aliphatic rings. The third kappa shape index (κ3) is 2.77. The van der Waals surface area contributed by atoms with Crippen molar-refractivity contribution in [2.75, 3.05) is 19.8 Å². The van der Waals surface area contributed by atoms with E-state index < -0.39 is 6.04 Å². The molecule has 0 aliphatic carbocycles. The molecule has 2 aliphatic heterocycles. The molecule has 0 bridgehead atoms. The third-order valence-electron chi connectivity index (χ3n) is 4.09. The standard InChI is InChI=1S/C16H20N2O4/c1-2-21-16(20)13-6-3-7-18(13)15(19)12-9-11-5-4-8-22-14(11)10-17-12/h9-10,13H,2-8H2,1H3/t13-/m1/s1. The Bertz CT molecular complexity index is 588. The summed E-state index contributed by atoms with van der Waals surface area (Å²) in [6, 6.07) is 1.30. The largest absolute Gasteiger partial charge is 0.492 e. The number of ether oxygens (including phenoxy) is 2. The molecular formula is C16H20N2O4. The Balaban J connectivity index is 1.79. The second-order valence-electron chi connectivity index (χ2n) is 5.54. The number of hydrogen-bond donors (Lipinski definition) is 0. The van der Waals surface area contributed by atoms with Gasteiger partial charge in [0.2, 0.25) is 0 Å². The predicted molar refractivity (Wildman–Crippen MR) is 78.7 cm³/mol. The summed E-state index contributed by atoms with van der Waals surface area (Å²) in [6.07, 6.45) is 4.90. The fraction of sp³-hybridized carbons (Fsp3) is 0.562. The molecule has 0 N–H and O–H groups in total. The quantitative estimate of drug-likeness (QED) is 0.793. The van der Waals surface area contributed by atoms with Gasteiger partial charge in [-0.25, -0.2) is 9.78 Å². The lowest BCUT2D eigenvalue weighted by atomic mass is 10.1. The molecular weight excluding hydrogens is 284 g/mol. The van der Waals surface area contributed by atoms with E-state index in [1.165, 1.54) is 0 Å². The van der Waals surface area contributed by atoms with Gasteiger partial charge in [-0.1, -0.05) is 0 Å². The highest BCUT2D eigenvalue weighted by molar-refractivity contribution is 5.95. The minimum absolute atomic E-state index is 0.205. The topological polar surface area (TPSA) is 68.7 Å². The van der Waals surface area contributed by atoms with Crippen LogP contribution in [0.25, 0.3) is 0 Å². The van der Waals surface area contributed by atoms with Gasteiger partial charge in [0.1, 0.15) is 17.5 Å². The molecule has 22 heavy (non-hydrogen) atoms. The van der Waals surface area contributed by atoms with Crippen LogP contribution in [-0.4, -0.2) is 47.6 Å². The number of likely N-dealkylation sites (tertiary alicyclic amines) is 1. The Morgan fingerprint density at radius 1 is 1.45 bits per heavy atom. The number of nitrogens with zero attached hydrogens (tertiary/aromatic N) is 2. The van der Waals surface area contributed by atoms with E-state index in [0.29, 0.717) is 31.9 Å². The zero-order valence-electron chi connectivity index (χ0n) is 12.7. The summed E-state index contributed by atoms with van der Waals surface area (Å²) in [6.45, 7) is 3.35. The molecule has 1 saturated heterocycles. The van der Waals surface area contributed by atoms with Gasteiger partial charge >= 0.3 is 5.97 Å². The van der Waals surface area contributed by atoms with Crippen LogP contribution in [-0.2, 0) is 16.0 Å². The number of rotatable bonds is 3. The molecule has 118 valence electrons. The van der Waals surface area contributed by atoms with E-state index in [2.05, 4.69) is 4.98 Å². The monoisotopic (exact) mass is 304 g/mol. The van der Waals surface area contributed by atoms with Crippen LogP contribution in [0.3, 0.4) is 0 Å². The van der Waals surface area contributed by atoms with Crippen molar-refractivity contribution in [3.8, 4) is 5.75 Å². The van der Waals surface area contributed by atoms with Crippen molar-refractivity contribution in [3.63, 3.8) is 0 Å². The summed E-state index contributed by atoms with van der Waals surface area (Å²) >= 11 is 0. The van der Waals surface area contributed by atoms with Gasteiger partial charge < -0.3 is 14.4 Å². The molecule has 0 spiro atoms. The molecule has 1 atom stereocenters. The number of amides is 1. The van der Waals surface area contributed by atoms with Gasteiger partial charge in [-0.15, -0.1) is 0 Å². The number of esters is 1. The van der Waals surface area contributed by atoms with Crippen LogP contribution in [0.1, 0.15) is 42.2 Å². The van der Waals surface area contributed by atoms with Crippen molar-refractivity contribution in [3.05, 3.63) is 23.5 Å². The lowest BCUT2D eigenvalue weighted by Gasteiger charge is -2.23. The minimum Gasteiger partial charge on any atom is -0.492 e. The van der Waals surface area contributed by atoms with Crippen LogP contribution in [0.2, 0.25) is 0 Å². The smallest absolute Gasteiger partial charge is 0.328 e. The van der Waals surface area contributed by atoms with E-state index in [1.807, 2.05) is 0 Å². The summed E-state index contributed by atoms with van der Waals surface area (Å²) < 4.78 is 10.6. The highest BCUT2D eigenvalue weighted by atomic mass is 16.5. The van der Waals surface area contributed by atoms with Gasteiger partial charge in [-0.05, 0) is 44.2 Å². The Kier molecular flexibility index (Phi) is 4.27. The fourth-order valence-electron chi connectivity index (χ4n) is 3.01. The Morgan fingerprint density at radius 2 is 2.32 bits per heavy atom. The summed E-state index contributed by atoms with van der Waals surface area (Å²) in [5.74, 6) is 0.227. The Hall–Kier alpha value is -2.11. The first-order valence-electron chi connectivity index (χ1n) is 7.80.